The van der Waals surface area contributed by atoms with E-state index in [9.17, 15) is 4.79 Å². The van der Waals surface area contributed by atoms with Gasteiger partial charge in [-0.15, -0.1) is 0 Å². The van der Waals surface area contributed by atoms with E-state index in [1.54, 1.807) is 6.33 Å². The molecule has 0 saturated heterocycles. The highest BCUT2D eigenvalue weighted by molar-refractivity contribution is 5.84. The van der Waals surface area contributed by atoms with Crippen molar-refractivity contribution in [3.8, 4) is 11.5 Å². The van der Waals surface area contributed by atoms with Crippen LogP contribution in [0, 0.1) is 5.92 Å². The third kappa shape index (κ3) is 5.70. The van der Waals surface area contributed by atoms with Crippen molar-refractivity contribution in [1.29, 1.82) is 0 Å². The van der Waals surface area contributed by atoms with Crippen LogP contribution in [-0.4, -0.2) is 64.3 Å². The summed E-state index contributed by atoms with van der Waals surface area (Å²) in [5.41, 5.74) is 3.62. The second-order valence-electron chi connectivity index (χ2n) is 10.3. The minimum Gasteiger partial charge on any atom is -0.454 e. The van der Waals surface area contributed by atoms with E-state index in [2.05, 4.69) is 34.6 Å². The maximum absolute atomic E-state index is 12.4. The molecule has 2 aromatic heterocycles. The largest absolute Gasteiger partial charge is 0.454 e. The molecule has 0 bridgehead atoms. The summed E-state index contributed by atoms with van der Waals surface area (Å²) in [5.74, 6) is 3.14. The van der Waals surface area contributed by atoms with Crippen molar-refractivity contribution in [2.24, 2.45) is 5.92 Å². The summed E-state index contributed by atoms with van der Waals surface area (Å²) >= 11 is 0. The van der Waals surface area contributed by atoms with Crippen molar-refractivity contribution < 1.29 is 14.3 Å². The Morgan fingerprint density at radius 1 is 1.07 bits per heavy atom. The lowest BCUT2D eigenvalue weighted by molar-refractivity contribution is -0.131. The van der Waals surface area contributed by atoms with Gasteiger partial charge in [-0.3, -0.25) is 4.79 Å². The number of rotatable bonds is 11. The average Bonchev–Trinajstić information content (AvgIpc) is 3.59. The highest BCUT2D eigenvalue weighted by Gasteiger charge is 2.32. The summed E-state index contributed by atoms with van der Waals surface area (Å²) in [4.78, 5) is 30.6. The van der Waals surface area contributed by atoms with Gasteiger partial charge in [0, 0.05) is 46.2 Å². The number of aromatic nitrogens is 4. The number of allylic oxidation sites excluding steroid dienone is 1. The zero-order valence-electron chi connectivity index (χ0n) is 22.8. The first-order chi connectivity index (χ1) is 19.5. The molecule has 3 heterocycles. The number of likely N-dealkylation sites (N-methyl/N-ethyl adjacent to an activating group) is 2. The second kappa shape index (κ2) is 11.3. The molecule has 206 valence electrons. The molecule has 1 aliphatic carbocycles. The van der Waals surface area contributed by atoms with Crippen molar-refractivity contribution in [1.82, 2.24) is 24.4 Å². The molecule has 2 aromatic carbocycles. The van der Waals surface area contributed by atoms with Crippen molar-refractivity contribution in [3.63, 3.8) is 0 Å². The van der Waals surface area contributed by atoms with E-state index in [0.717, 1.165) is 41.1 Å². The normalized spacial score (nSPS) is 14.2. The molecule has 0 unspecified atom stereocenters. The molecule has 4 aromatic rings. The molecular weight excluding hydrogens is 506 g/mol. The number of nitrogens with one attached hydrogen (secondary N) is 1. The highest BCUT2D eigenvalue weighted by atomic mass is 16.7. The number of benzene rings is 2. The molecule has 1 aliphatic heterocycles. The zero-order valence-corrected chi connectivity index (χ0v) is 22.8. The molecule has 10 nitrogen and oxygen atoms in total. The van der Waals surface area contributed by atoms with Gasteiger partial charge in [0.05, 0.1) is 6.33 Å². The fourth-order valence-electron chi connectivity index (χ4n) is 4.62. The lowest BCUT2D eigenvalue weighted by atomic mass is 10.2. The maximum atomic E-state index is 12.4. The number of carbonyl (C=O) groups is 1. The topological polar surface area (TPSA) is 97.6 Å². The van der Waals surface area contributed by atoms with Gasteiger partial charge in [-0.2, -0.15) is 9.97 Å². The fraction of sp³-hybridized carbons (Fsp3) is 0.333. The van der Waals surface area contributed by atoms with Gasteiger partial charge < -0.3 is 29.2 Å². The Hall–Kier alpha value is -4.60. The highest BCUT2D eigenvalue weighted by Crippen LogP contribution is 2.33. The summed E-state index contributed by atoms with van der Waals surface area (Å²) < 4.78 is 13.0. The van der Waals surface area contributed by atoms with E-state index in [1.165, 1.54) is 0 Å². The van der Waals surface area contributed by atoms with Crippen LogP contribution in [0.1, 0.15) is 24.0 Å². The van der Waals surface area contributed by atoms with Gasteiger partial charge in [0.1, 0.15) is 0 Å². The minimum atomic E-state index is 0.202. The van der Waals surface area contributed by atoms with Gasteiger partial charge in [0.15, 0.2) is 28.5 Å². The Bertz CT molecular complexity index is 1530. The van der Waals surface area contributed by atoms with E-state index in [1.807, 2.05) is 64.9 Å². The average molecular weight is 540 g/mol. The summed E-state index contributed by atoms with van der Waals surface area (Å²) in [5, 5.41) is 3.46. The van der Waals surface area contributed by atoms with E-state index in [4.69, 9.17) is 19.4 Å². The van der Waals surface area contributed by atoms with Crippen LogP contribution in [0.5, 0.6) is 11.5 Å². The van der Waals surface area contributed by atoms with Crippen LogP contribution in [0.15, 0.2) is 60.9 Å². The molecule has 1 fully saturated rings. The number of anilines is 2. The van der Waals surface area contributed by atoms with Crippen LogP contribution in [0.3, 0.4) is 0 Å². The van der Waals surface area contributed by atoms with Gasteiger partial charge in [-0.1, -0.05) is 48.6 Å². The van der Waals surface area contributed by atoms with Gasteiger partial charge in [0.25, 0.3) is 0 Å². The molecule has 2 aliphatic rings. The lowest BCUT2D eigenvalue weighted by Crippen LogP contribution is -2.36. The first-order valence-electron chi connectivity index (χ1n) is 13.6. The van der Waals surface area contributed by atoms with E-state index in [0.29, 0.717) is 43.5 Å². The summed E-state index contributed by atoms with van der Waals surface area (Å²) in [6, 6.07) is 16.1. The predicted molar refractivity (Wildman–Crippen MR) is 154 cm³/mol. The van der Waals surface area contributed by atoms with Crippen molar-refractivity contribution in [3.05, 3.63) is 72.1 Å². The smallest absolute Gasteiger partial charge is 0.231 e. The van der Waals surface area contributed by atoms with Gasteiger partial charge >= 0.3 is 0 Å². The molecule has 1 amide bonds. The van der Waals surface area contributed by atoms with E-state index in [-0.39, 0.29) is 18.6 Å². The molecule has 0 radical (unpaired) electrons. The minimum absolute atomic E-state index is 0.202. The summed E-state index contributed by atoms with van der Waals surface area (Å²) in [6.07, 6.45) is 7.98. The van der Waals surface area contributed by atoms with Gasteiger partial charge in [-0.25, -0.2) is 4.98 Å². The third-order valence-corrected chi connectivity index (χ3v) is 7.18. The van der Waals surface area contributed by atoms with E-state index >= 15 is 0 Å². The second-order valence-corrected chi connectivity index (χ2v) is 10.3. The molecule has 1 N–H and O–H groups in total. The van der Waals surface area contributed by atoms with Crippen LogP contribution >= 0.6 is 0 Å². The third-order valence-electron chi connectivity index (χ3n) is 7.18. The van der Waals surface area contributed by atoms with Crippen molar-refractivity contribution in [2.45, 2.75) is 25.9 Å². The molecule has 0 spiro atoms. The molecule has 10 heteroatoms. The molecule has 40 heavy (non-hydrogen) atoms. The van der Waals surface area contributed by atoms with Crippen LogP contribution in [-0.2, 0) is 17.9 Å². The summed E-state index contributed by atoms with van der Waals surface area (Å²) in [7, 11) is 3.82. The van der Waals surface area contributed by atoms with Crippen LogP contribution in [0.4, 0.5) is 11.8 Å². The fourth-order valence-corrected chi connectivity index (χ4v) is 4.62. The van der Waals surface area contributed by atoms with Crippen molar-refractivity contribution >= 4 is 34.9 Å². The van der Waals surface area contributed by atoms with Crippen LogP contribution < -0.4 is 19.7 Å². The number of fused-ring (bicyclic) bond motifs is 2. The van der Waals surface area contributed by atoms with E-state index < -0.39 is 0 Å². The SMILES string of the molecule is CN(CCN(C)c1nc(NCc2ccc3c(c2)OCO3)c2ncn(CC=Cc3ccccc3)c2n1)C(=O)C1CC1. The standard InChI is InChI=1S/C30H33N7O3/c1-35(29(38)23-11-12-23)15-16-36(2)30-33-27(31-18-22-10-13-24-25(17-22)40-20-39-24)26-28(34-30)37(19-32-26)14-6-9-21-7-4-3-5-8-21/h3-10,13,17,19,23H,11-12,14-16,18,20H2,1-2H3,(H,31,33,34). The predicted octanol–water partition coefficient (Wildman–Crippen LogP) is 4.19. The zero-order chi connectivity index (χ0) is 27.5. The quantitative estimate of drug-likeness (QED) is 0.303. The summed E-state index contributed by atoms with van der Waals surface area (Å²) in [6.45, 7) is 2.61. The van der Waals surface area contributed by atoms with Crippen LogP contribution in [0.2, 0.25) is 0 Å². The Kier molecular flexibility index (Phi) is 7.22. The number of hydrogen-bond acceptors (Lipinski definition) is 8. The molecular formula is C30H33N7O3. The number of hydrogen-bond donors (Lipinski definition) is 1. The van der Waals surface area contributed by atoms with Crippen LogP contribution in [0.25, 0.3) is 17.2 Å². The van der Waals surface area contributed by atoms with Crippen molar-refractivity contribution in [2.75, 3.05) is 44.2 Å². The molecule has 1 saturated carbocycles. The number of imidazole rings is 1. The number of nitrogens with zero attached hydrogens (tertiary/aromatic N) is 6. The molecule has 0 atom stereocenters. The monoisotopic (exact) mass is 539 g/mol. The number of carbonyl (C=O) groups excluding carboxylic acids is 1. The molecule has 6 rings (SSSR count). The Morgan fingerprint density at radius 2 is 1.90 bits per heavy atom. The first-order valence-corrected chi connectivity index (χ1v) is 13.6. The Labute approximate surface area is 233 Å². The first kappa shape index (κ1) is 25.7. The van der Waals surface area contributed by atoms with Gasteiger partial charge in [-0.05, 0) is 36.1 Å². The Morgan fingerprint density at radius 3 is 2.73 bits per heavy atom. The van der Waals surface area contributed by atoms with Gasteiger partial charge in [0.2, 0.25) is 18.6 Å². The lowest BCUT2D eigenvalue weighted by Gasteiger charge is -2.23. The Balaban J connectivity index is 1.24. The number of ether oxygens (including phenoxy) is 2. The number of amides is 1. The maximum Gasteiger partial charge on any atom is 0.231 e.